The molecule has 1 unspecified atom stereocenters. The molecule has 0 bridgehead atoms. The molecule has 0 spiro atoms. The Morgan fingerprint density at radius 2 is 1.78 bits per heavy atom. The average molecular weight is 322 g/mol. The van der Waals surface area contributed by atoms with Crippen molar-refractivity contribution in [3.63, 3.8) is 0 Å². The molecule has 2 fully saturated rings. The minimum absolute atomic E-state index is 0.00616. The molecule has 2 rings (SSSR count). The van der Waals surface area contributed by atoms with Gasteiger partial charge in [0.1, 0.15) is 0 Å². The van der Waals surface area contributed by atoms with Crippen LogP contribution >= 0.6 is 0 Å². The van der Waals surface area contributed by atoms with Crippen molar-refractivity contribution in [3.05, 3.63) is 0 Å². The van der Waals surface area contributed by atoms with Crippen molar-refractivity contribution in [2.45, 2.75) is 59.8 Å². The molecule has 0 aromatic rings. The second-order valence-electron chi connectivity index (χ2n) is 8.08. The molecule has 0 aromatic carbocycles. The summed E-state index contributed by atoms with van der Waals surface area (Å²) in [4.78, 5) is 38.1. The monoisotopic (exact) mass is 322 g/mol. The van der Waals surface area contributed by atoms with E-state index in [1.807, 2.05) is 27.7 Å². The molecule has 5 nitrogen and oxygen atoms in total. The van der Waals surface area contributed by atoms with Gasteiger partial charge >= 0.3 is 0 Å². The highest BCUT2D eigenvalue weighted by molar-refractivity contribution is 6.03. The topological polar surface area (TPSA) is 66.5 Å². The molecule has 1 saturated heterocycles. The molecule has 0 radical (unpaired) electrons. The van der Waals surface area contributed by atoms with Crippen LogP contribution in [0.2, 0.25) is 0 Å². The van der Waals surface area contributed by atoms with Gasteiger partial charge in [-0.15, -0.1) is 0 Å². The van der Waals surface area contributed by atoms with Gasteiger partial charge in [0.05, 0.1) is 5.92 Å². The van der Waals surface area contributed by atoms with Crippen LogP contribution in [0.1, 0.15) is 59.8 Å². The molecule has 130 valence electrons. The minimum Gasteiger partial charge on any atom is -0.356 e. The van der Waals surface area contributed by atoms with Crippen LogP contribution in [-0.4, -0.2) is 35.7 Å². The maximum atomic E-state index is 12.5. The van der Waals surface area contributed by atoms with E-state index in [2.05, 4.69) is 5.32 Å². The smallest absolute Gasteiger partial charge is 0.233 e. The average Bonchev–Trinajstić information content (AvgIpc) is 2.76. The van der Waals surface area contributed by atoms with Gasteiger partial charge in [0.2, 0.25) is 17.7 Å². The fourth-order valence-electron chi connectivity index (χ4n) is 3.74. The van der Waals surface area contributed by atoms with Crippen molar-refractivity contribution in [1.82, 2.24) is 10.2 Å². The summed E-state index contributed by atoms with van der Waals surface area (Å²) in [7, 11) is 0. The van der Waals surface area contributed by atoms with Gasteiger partial charge in [-0.05, 0) is 43.9 Å². The zero-order chi connectivity index (χ0) is 17.2. The molecule has 1 saturated carbocycles. The van der Waals surface area contributed by atoms with Crippen LogP contribution in [0.4, 0.5) is 0 Å². The lowest BCUT2D eigenvalue weighted by molar-refractivity contribution is -0.141. The van der Waals surface area contributed by atoms with E-state index in [-0.39, 0.29) is 35.0 Å². The fraction of sp³-hybridized carbons (Fsp3) is 0.833. The predicted octanol–water partition coefficient (Wildman–Crippen LogP) is 2.35. The zero-order valence-corrected chi connectivity index (χ0v) is 14.9. The van der Waals surface area contributed by atoms with Crippen molar-refractivity contribution in [3.8, 4) is 0 Å². The van der Waals surface area contributed by atoms with E-state index >= 15 is 0 Å². The number of rotatable bonds is 4. The number of carbonyl (C=O) groups excluding carboxylic acids is 3. The number of imide groups is 1. The molecular formula is C18H30N2O3. The Morgan fingerprint density at radius 3 is 2.26 bits per heavy atom. The summed E-state index contributed by atoms with van der Waals surface area (Å²) in [6, 6.07) is 0. The van der Waals surface area contributed by atoms with Crippen molar-refractivity contribution in [2.24, 2.45) is 23.2 Å². The highest BCUT2D eigenvalue weighted by Gasteiger charge is 2.45. The Bertz CT molecular complexity index is 473. The molecule has 23 heavy (non-hydrogen) atoms. The molecule has 1 atom stereocenters. The highest BCUT2D eigenvalue weighted by Crippen LogP contribution is 2.37. The van der Waals surface area contributed by atoms with Crippen LogP contribution in [0.25, 0.3) is 0 Å². The van der Waals surface area contributed by atoms with Crippen LogP contribution < -0.4 is 5.32 Å². The fourth-order valence-corrected chi connectivity index (χ4v) is 3.74. The van der Waals surface area contributed by atoms with E-state index in [4.69, 9.17) is 0 Å². The lowest BCUT2D eigenvalue weighted by Gasteiger charge is -2.30. The summed E-state index contributed by atoms with van der Waals surface area (Å²) in [5.41, 5.74) is -0.169. The summed E-state index contributed by atoms with van der Waals surface area (Å²) >= 11 is 0. The normalized spacial score (nSPS) is 29.0. The predicted molar refractivity (Wildman–Crippen MR) is 88.4 cm³/mol. The van der Waals surface area contributed by atoms with E-state index in [9.17, 15) is 14.4 Å². The van der Waals surface area contributed by atoms with Crippen molar-refractivity contribution in [2.75, 3.05) is 13.1 Å². The first-order valence-electron chi connectivity index (χ1n) is 8.86. The van der Waals surface area contributed by atoms with Gasteiger partial charge in [0.25, 0.3) is 0 Å². The van der Waals surface area contributed by atoms with Crippen LogP contribution in [0, 0.1) is 23.2 Å². The van der Waals surface area contributed by atoms with E-state index in [0.29, 0.717) is 25.4 Å². The summed E-state index contributed by atoms with van der Waals surface area (Å²) in [5, 5.41) is 2.88. The lowest BCUT2D eigenvalue weighted by Crippen LogP contribution is -2.39. The number of hydrogen-bond donors (Lipinski definition) is 1. The van der Waals surface area contributed by atoms with Gasteiger partial charge in [0.15, 0.2) is 0 Å². The molecular weight excluding hydrogens is 292 g/mol. The Labute approximate surface area is 139 Å². The van der Waals surface area contributed by atoms with Gasteiger partial charge < -0.3 is 5.32 Å². The van der Waals surface area contributed by atoms with Gasteiger partial charge in [-0.3, -0.25) is 19.3 Å². The minimum atomic E-state index is -0.193. The van der Waals surface area contributed by atoms with Crippen molar-refractivity contribution in [1.29, 1.82) is 0 Å². The maximum absolute atomic E-state index is 12.5. The molecule has 1 heterocycles. The third-order valence-corrected chi connectivity index (χ3v) is 5.30. The molecule has 5 heteroatoms. The van der Waals surface area contributed by atoms with Crippen LogP contribution in [0.3, 0.4) is 0 Å². The maximum Gasteiger partial charge on any atom is 0.233 e. The van der Waals surface area contributed by atoms with Crippen molar-refractivity contribution < 1.29 is 14.4 Å². The largest absolute Gasteiger partial charge is 0.356 e. The van der Waals surface area contributed by atoms with Crippen LogP contribution in [0.15, 0.2) is 0 Å². The van der Waals surface area contributed by atoms with E-state index in [0.717, 1.165) is 25.7 Å². The van der Waals surface area contributed by atoms with Crippen molar-refractivity contribution >= 4 is 17.7 Å². The number of likely N-dealkylation sites (tertiary alicyclic amines) is 1. The molecule has 1 aliphatic heterocycles. The third-order valence-electron chi connectivity index (χ3n) is 5.30. The summed E-state index contributed by atoms with van der Waals surface area (Å²) < 4.78 is 0. The second-order valence-corrected chi connectivity index (χ2v) is 8.08. The first-order chi connectivity index (χ1) is 10.7. The Morgan fingerprint density at radius 1 is 1.17 bits per heavy atom. The van der Waals surface area contributed by atoms with Gasteiger partial charge in [-0.25, -0.2) is 0 Å². The van der Waals surface area contributed by atoms with E-state index in [1.54, 1.807) is 0 Å². The second kappa shape index (κ2) is 7.02. The summed E-state index contributed by atoms with van der Waals surface area (Å²) in [6.07, 6.45) is 3.89. The molecule has 1 aliphatic carbocycles. The highest BCUT2D eigenvalue weighted by atomic mass is 16.2. The third kappa shape index (κ3) is 4.12. The first kappa shape index (κ1) is 18.0. The summed E-state index contributed by atoms with van der Waals surface area (Å²) in [5.74, 6) is 0.355. The standard InChI is InChI=1S/C18H30N2O3/c1-5-19-16(22)13-8-6-12(7-9-13)11-20-15(21)10-14(17(20)23)18(2,3)4/h12-14H,5-11H2,1-4H3,(H,19,22). The van der Waals surface area contributed by atoms with Gasteiger partial charge in [0, 0.05) is 25.4 Å². The first-order valence-corrected chi connectivity index (χ1v) is 8.86. The Hall–Kier alpha value is -1.39. The molecule has 2 aliphatic rings. The lowest BCUT2D eigenvalue weighted by atomic mass is 9.79. The van der Waals surface area contributed by atoms with Crippen LogP contribution in [-0.2, 0) is 14.4 Å². The van der Waals surface area contributed by atoms with E-state index < -0.39 is 0 Å². The molecule has 0 aromatic heterocycles. The molecule has 3 amide bonds. The Balaban J connectivity index is 1.88. The van der Waals surface area contributed by atoms with E-state index in [1.165, 1.54) is 4.90 Å². The number of hydrogen-bond acceptors (Lipinski definition) is 3. The van der Waals surface area contributed by atoms with Gasteiger partial charge in [-0.1, -0.05) is 20.8 Å². The van der Waals surface area contributed by atoms with Gasteiger partial charge in [-0.2, -0.15) is 0 Å². The Kier molecular flexibility index (Phi) is 5.48. The zero-order valence-electron chi connectivity index (χ0n) is 14.9. The number of nitrogens with zero attached hydrogens (tertiary/aromatic N) is 1. The number of nitrogens with one attached hydrogen (secondary N) is 1. The number of amides is 3. The summed E-state index contributed by atoms with van der Waals surface area (Å²) in [6.45, 7) is 9.19. The van der Waals surface area contributed by atoms with Crippen LogP contribution in [0.5, 0.6) is 0 Å². The SMILES string of the molecule is CCNC(=O)C1CCC(CN2C(=O)CC(C(C)(C)C)C2=O)CC1. The number of carbonyl (C=O) groups is 3. The quantitative estimate of drug-likeness (QED) is 0.808. The molecule has 1 N–H and O–H groups in total.